The van der Waals surface area contributed by atoms with E-state index in [0.717, 1.165) is 17.7 Å². The average molecular weight is 290 g/mol. The highest BCUT2D eigenvalue weighted by Gasteiger charge is 2.26. The zero-order valence-corrected chi connectivity index (χ0v) is 13.0. The molecular formula is C16H22N2O3. The SMILES string of the molecule is C[NH+]([O-])c1cccc2c1C=CCCN2C(=O)OC(C)(C)C. The van der Waals surface area contributed by atoms with Crippen LogP contribution in [0.4, 0.5) is 16.2 Å². The number of rotatable bonds is 1. The number of carbonyl (C=O) groups is 1. The smallest absolute Gasteiger partial charge is 0.414 e. The number of ether oxygens (including phenoxy) is 1. The summed E-state index contributed by atoms with van der Waals surface area (Å²) < 4.78 is 5.46. The van der Waals surface area contributed by atoms with E-state index < -0.39 is 5.60 Å². The number of nitrogens with zero attached hydrogens (tertiary/aromatic N) is 1. The molecule has 5 nitrogen and oxygen atoms in total. The Hall–Kier alpha value is -1.85. The molecule has 1 aromatic rings. The van der Waals surface area contributed by atoms with Gasteiger partial charge in [-0.05, 0) is 33.3 Å². The third kappa shape index (κ3) is 3.62. The van der Waals surface area contributed by atoms with Gasteiger partial charge in [-0.15, -0.1) is 0 Å². The lowest BCUT2D eigenvalue weighted by Gasteiger charge is -2.28. The van der Waals surface area contributed by atoms with Gasteiger partial charge in [-0.3, -0.25) is 4.90 Å². The molecule has 1 aliphatic rings. The Labute approximate surface area is 125 Å². The molecule has 114 valence electrons. The van der Waals surface area contributed by atoms with Crippen LogP contribution < -0.4 is 9.96 Å². The van der Waals surface area contributed by atoms with Crippen molar-refractivity contribution >= 4 is 23.5 Å². The summed E-state index contributed by atoms with van der Waals surface area (Å²) in [4.78, 5) is 14.0. The molecule has 0 aliphatic carbocycles. The van der Waals surface area contributed by atoms with E-state index in [4.69, 9.17) is 4.74 Å². The number of hydrogen-bond acceptors (Lipinski definition) is 3. The van der Waals surface area contributed by atoms with Crippen molar-refractivity contribution in [2.45, 2.75) is 32.8 Å². The first-order chi connectivity index (χ1) is 9.79. The van der Waals surface area contributed by atoms with Crippen molar-refractivity contribution in [3.8, 4) is 0 Å². The molecule has 21 heavy (non-hydrogen) atoms. The van der Waals surface area contributed by atoms with E-state index in [1.54, 1.807) is 17.0 Å². The highest BCUT2D eigenvalue weighted by Crippen LogP contribution is 2.30. The molecule has 0 saturated heterocycles. The van der Waals surface area contributed by atoms with E-state index >= 15 is 0 Å². The van der Waals surface area contributed by atoms with Crippen molar-refractivity contribution in [2.24, 2.45) is 0 Å². The predicted octanol–water partition coefficient (Wildman–Crippen LogP) is 2.49. The Kier molecular flexibility index (Phi) is 4.34. The molecule has 2 rings (SSSR count). The second-order valence-electron chi connectivity index (χ2n) is 6.12. The Balaban J connectivity index is 2.41. The highest BCUT2D eigenvalue weighted by molar-refractivity contribution is 5.93. The summed E-state index contributed by atoms with van der Waals surface area (Å²) in [6.45, 7) is 6.06. The first-order valence-corrected chi connectivity index (χ1v) is 7.10. The summed E-state index contributed by atoms with van der Waals surface area (Å²) in [7, 11) is 1.53. The fourth-order valence-corrected chi connectivity index (χ4v) is 2.30. The van der Waals surface area contributed by atoms with Crippen LogP contribution in [-0.2, 0) is 4.74 Å². The maximum Gasteiger partial charge on any atom is 0.414 e. The van der Waals surface area contributed by atoms with Gasteiger partial charge in [-0.1, -0.05) is 18.2 Å². The Bertz CT molecular complexity index is 559. The fourth-order valence-electron chi connectivity index (χ4n) is 2.30. The molecule has 1 heterocycles. The number of quaternary nitrogens is 1. The molecule has 0 fully saturated rings. The van der Waals surface area contributed by atoms with Gasteiger partial charge in [0.1, 0.15) is 11.3 Å². The zero-order valence-electron chi connectivity index (χ0n) is 13.0. The molecule has 0 radical (unpaired) electrons. The van der Waals surface area contributed by atoms with Gasteiger partial charge in [0.2, 0.25) is 0 Å². The van der Waals surface area contributed by atoms with E-state index in [9.17, 15) is 10.0 Å². The maximum atomic E-state index is 12.4. The van der Waals surface area contributed by atoms with Crippen molar-refractivity contribution in [1.29, 1.82) is 0 Å². The molecular weight excluding hydrogens is 268 g/mol. The van der Waals surface area contributed by atoms with Gasteiger partial charge in [0.15, 0.2) is 0 Å². The summed E-state index contributed by atoms with van der Waals surface area (Å²) in [5.41, 5.74) is 1.59. The van der Waals surface area contributed by atoms with Gasteiger partial charge in [0, 0.05) is 12.6 Å². The molecule has 1 amide bonds. The first-order valence-electron chi connectivity index (χ1n) is 7.10. The van der Waals surface area contributed by atoms with Crippen LogP contribution in [-0.4, -0.2) is 25.3 Å². The van der Waals surface area contributed by atoms with E-state index in [2.05, 4.69) is 0 Å². The molecule has 1 aromatic carbocycles. The van der Waals surface area contributed by atoms with Gasteiger partial charge >= 0.3 is 6.09 Å². The number of hydroxylamine groups is 1. The number of fused-ring (bicyclic) bond motifs is 1. The molecule has 0 bridgehead atoms. The molecule has 0 spiro atoms. The average Bonchev–Trinajstić information content (AvgIpc) is 2.58. The molecule has 0 saturated carbocycles. The Morgan fingerprint density at radius 3 is 2.71 bits per heavy atom. The third-order valence-corrected chi connectivity index (χ3v) is 3.17. The number of anilines is 1. The Morgan fingerprint density at radius 1 is 1.38 bits per heavy atom. The second-order valence-corrected chi connectivity index (χ2v) is 6.12. The number of amides is 1. The molecule has 1 atom stereocenters. The second kappa shape index (κ2) is 5.87. The van der Waals surface area contributed by atoms with Crippen LogP contribution in [0.2, 0.25) is 0 Å². The quantitative estimate of drug-likeness (QED) is 0.808. The largest absolute Gasteiger partial charge is 0.629 e. The van der Waals surface area contributed by atoms with Gasteiger partial charge in [0.05, 0.1) is 18.3 Å². The highest BCUT2D eigenvalue weighted by atomic mass is 16.6. The summed E-state index contributed by atoms with van der Waals surface area (Å²) in [6, 6.07) is 5.43. The van der Waals surface area contributed by atoms with Crippen molar-refractivity contribution < 1.29 is 14.6 Å². The summed E-state index contributed by atoms with van der Waals surface area (Å²) >= 11 is 0. The van der Waals surface area contributed by atoms with E-state index in [0.29, 0.717) is 12.2 Å². The standard InChI is InChI=1S/C16H22N2O3/c1-16(2,3)21-15(19)18-11-6-5-8-12-13(17(4)20)9-7-10-14(12)18/h5,7-10,17H,6,11H2,1-4H3. The minimum atomic E-state index is -0.546. The minimum absolute atomic E-state index is 0.0115. The van der Waals surface area contributed by atoms with Crippen LogP contribution in [0.1, 0.15) is 32.8 Å². The lowest BCUT2D eigenvalue weighted by molar-refractivity contribution is -0.751. The summed E-state index contributed by atoms with van der Waals surface area (Å²) in [5, 5.41) is 11.8. The van der Waals surface area contributed by atoms with E-state index in [-0.39, 0.29) is 11.2 Å². The number of nitrogens with one attached hydrogen (secondary N) is 1. The molecule has 0 aromatic heterocycles. The van der Waals surface area contributed by atoms with Crippen LogP contribution in [0.15, 0.2) is 24.3 Å². The Morgan fingerprint density at radius 2 is 2.10 bits per heavy atom. The van der Waals surface area contributed by atoms with Gasteiger partial charge < -0.3 is 15.0 Å². The lowest BCUT2D eigenvalue weighted by atomic mass is 10.1. The molecule has 1 unspecified atom stereocenters. The maximum absolute atomic E-state index is 12.4. The van der Waals surface area contributed by atoms with Crippen LogP contribution in [0.3, 0.4) is 0 Å². The number of hydrogen-bond donors (Lipinski definition) is 1. The summed E-state index contributed by atoms with van der Waals surface area (Å²) in [6.07, 6.45) is 4.24. The van der Waals surface area contributed by atoms with Crippen LogP contribution in [0, 0.1) is 5.21 Å². The van der Waals surface area contributed by atoms with Crippen molar-refractivity contribution in [2.75, 3.05) is 18.5 Å². The molecule has 1 aliphatic heterocycles. The fraction of sp³-hybridized carbons (Fsp3) is 0.438. The molecule has 1 N–H and O–H groups in total. The third-order valence-electron chi connectivity index (χ3n) is 3.17. The van der Waals surface area contributed by atoms with Gasteiger partial charge in [-0.25, -0.2) is 4.79 Å². The van der Waals surface area contributed by atoms with Gasteiger partial charge in [0.25, 0.3) is 0 Å². The first kappa shape index (κ1) is 15.5. The van der Waals surface area contributed by atoms with Crippen molar-refractivity contribution in [3.63, 3.8) is 0 Å². The van der Waals surface area contributed by atoms with Crippen LogP contribution >= 0.6 is 0 Å². The van der Waals surface area contributed by atoms with Crippen molar-refractivity contribution in [1.82, 2.24) is 0 Å². The number of carbonyl (C=O) groups excluding carboxylic acids is 1. The zero-order chi connectivity index (χ0) is 15.6. The lowest BCUT2D eigenvalue weighted by Crippen LogP contribution is -2.98. The van der Waals surface area contributed by atoms with E-state index in [1.807, 2.05) is 39.0 Å². The minimum Gasteiger partial charge on any atom is -0.629 e. The normalized spacial score (nSPS) is 16.1. The predicted molar refractivity (Wildman–Crippen MR) is 83.6 cm³/mol. The number of benzene rings is 1. The monoisotopic (exact) mass is 290 g/mol. The molecule has 5 heteroatoms. The van der Waals surface area contributed by atoms with Crippen LogP contribution in [0.25, 0.3) is 6.08 Å². The summed E-state index contributed by atoms with van der Waals surface area (Å²) in [5.74, 6) is 0. The van der Waals surface area contributed by atoms with Crippen molar-refractivity contribution in [3.05, 3.63) is 35.0 Å². The van der Waals surface area contributed by atoms with Crippen LogP contribution in [0.5, 0.6) is 0 Å². The topological polar surface area (TPSA) is 57.0 Å². The van der Waals surface area contributed by atoms with E-state index in [1.165, 1.54) is 7.05 Å². The van der Waals surface area contributed by atoms with Gasteiger partial charge in [-0.2, -0.15) is 0 Å².